The molecule has 0 saturated heterocycles. The minimum Gasteiger partial charge on any atom is -0.315 e. The molecule has 0 aliphatic carbocycles. The number of aromatic nitrogens is 2. The number of thiazole rings is 1. The quantitative estimate of drug-likeness (QED) is 0.833. The van der Waals surface area contributed by atoms with Gasteiger partial charge in [-0.3, -0.25) is 9.78 Å². The number of alkyl halides is 3. The lowest BCUT2D eigenvalue weighted by atomic mass is 9.95. The SMILES string of the molecule is CSCC(C)(C)C(=O)Nc1sc(-c2cccnc2)nc1C(F)(F)F. The molecule has 130 valence electrons. The second kappa shape index (κ2) is 7.10. The zero-order valence-corrected chi connectivity index (χ0v) is 14.9. The van der Waals surface area contributed by atoms with Crippen molar-refractivity contribution in [1.29, 1.82) is 0 Å². The third-order valence-electron chi connectivity index (χ3n) is 3.15. The molecule has 0 fully saturated rings. The molecule has 24 heavy (non-hydrogen) atoms. The highest BCUT2D eigenvalue weighted by Crippen LogP contribution is 2.41. The molecule has 0 bridgehead atoms. The number of carbonyl (C=O) groups is 1. The van der Waals surface area contributed by atoms with Gasteiger partial charge in [0.25, 0.3) is 0 Å². The topological polar surface area (TPSA) is 54.9 Å². The molecule has 0 saturated carbocycles. The van der Waals surface area contributed by atoms with Crippen LogP contribution in [0.3, 0.4) is 0 Å². The van der Waals surface area contributed by atoms with Crippen LogP contribution in [0.25, 0.3) is 10.6 Å². The number of halogens is 3. The fraction of sp³-hybridized carbons (Fsp3) is 0.400. The summed E-state index contributed by atoms with van der Waals surface area (Å²) >= 11 is 2.25. The van der Waals surface area contributed by atoms with E-state index >= 15 is 0 Å². The minimum absolute atomic E-state index is 0.161. The maximum absolute atomic E-state index is 13.2. The second-order valence-electron chi connectivity index (χ2n) is 5.71. The van der Waals surface area contributed by atoms with Crippen molar-refractivity contribution in [2.75, 3.05) is 17.3 Å². The van der Waals surface area contributed by atoms with Crippen molar-refractivity contribution in [3.63, 3.8) is 0 Å². The maximum Gasteiger partial charge on any atom is 0.436 e. The fourth-order valence-corrected chi connectivity index (χ4v) is 3.73. The Hall–Kier alpha value is -1.61. The number of anilines is 1. The van der Waals surface area contributed by atoms with Crippen molar-refractivity contribution in [1.82, 2.24) is 9.97 Å². The number of hydrogen-bond acceptors (Lipinski definition) is 5. The summed E-state index contributed by atoms with van der Waals surface area (Å²) in [5, 5.41) is 2.27. The van der Waals surface area contributed by atoms with Crippen LogP contribution in [0.1, 0.15) is 19.5 Å². The first kappa shape index (κ1) is 18.7. The van der Waals surface area contributed by atoms with Gasteiger partial charge in [0, 0.05) is 23.7 Å². The van der Waals surface area contributed by atoms with Crippen molar-refractivity contribution in [2.24, 2.45) is 5.41 Å². The zero-order valence-electron chi connectivity index (χ0n) is 13.3. The molecule has 0 aliphatic heterocycles. The molecule has 2 aromatic rings. The van der Waals surface area contributed by atoms with E-state index in [-0.39, 0.29) is 10.0 Å². The molecule has 4 nitrogen and oxygen atoms in total. The number of nitrogens with zero attached hydrogens (tertiary/aromatic N) is 2. The van der Waals surface area contributed by atoms with Crippen LogP contribution in [-0.2, 0) is 11.0 Å². The Morgan fingerprint density at radius 2 is 2.08 bits per heavy atom. The average Bonchev–Trinajstić information content (AvgIpc) is 2.92. The van der Waals surface area contributed by atoms with E-state index in [1.807, 2.05) is 6.26 Å². The van der Waals surface area contributed by atoms with Gasteiger partial charge in [-0.25, -0.2) is 4.98 Å². The Labute approximate surface area is 145 Å². The number of amides is 1. The van der Waals surface area contributed by atoms with Crippen LogP contribution < -0.4 is 5.32 Å². The first-order valence-corrected chi connectivity index (χ1v) is 9.15. The van der Waals surface area contributed by atoms with E-state index in [2.05, 4.69) is 15.3 Å². The van der Waals surface area contributed by atoms with E-state index < -0.39 is 23.2 Å². The number of thioether (sulfide) groups is 1. The molecule has 0 atom stereocenters. The first-order valence-electron chi connectivity index (χ1n) is 6.94. The van der Waals surface area contributed by atoms with Crippen LogP contribution in [0.4, 0.5) is 18.2 Å². The van der Waals surface area contributed by atoms with Crippen LogP contribution in [0.15, 0.2) is 24.5 Å². The monoisotopic (exact) mass is 375 g/mol. The Kier molecular flexibility index (Phi) is 5.54. The van der Waals surface area contributed by atoms with E-state index in [1.165, 1.54) is 24.2 Å². The van der Waals surface area contributed by atoms with Gasteiger partial charge in [0.1, 0.15) is 10.0 Å². The number of rotatable bonds is 5. The highest BCUT2D eigenvalue weighted by atomic mass is 32.2. The predicted octanol–water partition coefficient (Wildman–Crippen LogP) is 4.55. The first-order chi connectivity index (χ1) is 11.1. The largest absolute Gasteiger partial charge is 0.436 e. The van der Waals surface area contributed by atoms with Crippen LogP contribution in [0.2, 0.25) is 0 Å². The highest BCUT2D eigenvalue weighted by Gasteiger charge is 2.39. The van der Waals surface area contributed by atoms with Gasteiger partial charge in [0.2, 0.25) is 5.91 Å². The number of hydrogen-bond donors (Lipinski definition) is 1. The van der Waals surface area contributed by atoms with E-state index in [1.54, 1.807) is 26.0 Å². The Morgan fingerprint density at radius 3 is 2.62 bits per heavy atom. The lowest BCUT2D eigenvalue weighted by molar-refractivity contribution is -0.140. The average molecular weight is 375 g/mol. The van der Waals surface area contributed by atoms with E-state index in [9.17, 15) is 18.0 Å². The summed E-state index contributed by atoms with van der Waals surface area (Å²) in [4.78, 5) is 19.9. The molecule has 1 amide bonds. The molecule has 0 aromatic carbocycles. The lowest BCUT2D eigenvalue weighted by Crippen LogP contribution is -2.33. The summed E-state index contributed by atoms with van der Waals surface area (Å²) in [5.74, 6) is 0.0257. The van der Waals surface area contributed by atoms with Gasteiger partial charge in [-0.1, -0.05) is 25.2 Å². The molecular weight excluding hydrogens is 359 g/mol. The standard InChI is InChI=1S/C15H16F3N3OS2/c1-14(2,8-23-3)13(22)21-12-10(15(16,17)18)20-11(24-12)9-5-4-6-19-7-9/h4-7H,8H2,1-3H3,(H,21,22). The van der Waals surface area contributed by atoms with Gasteiger partial charge in [-0.05, 0) is 18.4 Å². The normalized spacial score (nSPS) is 12.2. The Morgan fingerprint density at radius 1 is 1.38 bits per heavy atom. The molecule has 0 aliphatic rings. The summed E-state index contributed by atoms with van der Waals surface area (Å²) in [6, 6.07) is 3.24. The molecule has 2 rings (SSSR count). The van der Waals surface area contributed by atoms with Crippen molar-refractivity contribution in [3.8, 4) is 10.6 Å². The molecule has 0 spiro atoms. The maximum atomic E-state index is 13.2. The zero-order chi connectivity index (χ0) is 18.0. The number of pyridine rings is 1. The Bertz CT molecular complexity index is 714. The van der Waals surface area contributed by atoms with Gasteiger partial charge < -0.3 is 5.32 Å². The van der Waals surface area contributed by atoms with Crippen molar-refractivity contribution in [2.45, 2.75) is 20.0 Å². The van der Waals surface area contributed by atoms with E-state index in [4.69, 9.17) is 0 Å². The summed E-state index contributed by atoms with van der Waals surface area (Å²) < 4.78 is 39.7. The predicted molar refractivity (Wildman–Crippen MR) is 91.1 cm³/mol. The van der Waals surface area contributed by atoms with Crippen LogP contribution in [0, 0.1) is 5.41 Å². The lowest BCUT2D eigenvalue weighted by Gasteiger charge is -2.22. The van der Waals surface area contributed by atoms with E-state index in [0.717, 1.165) is 11.3 Å². The third-order valence-corrected chi connectivity index (χ3v) is 5.18. The Balaban J connectivity index is 2.38. The van der Waals surface area contributed by atoms with Crippen LogP contribution >= 0.6 is 23.1 Å². The van der Waals surface area contributed by atoms with Gasteiger partial charge in [0.05, 0.1) is 5.41 Å². The molecule has 2 heterocycles. The smallest absolute Gasteiger partial charge is 0.315 e. The van der Waals surface area contributed by atoms with Crippen molar-refractivity contribution >= 4 is 34.0 Å². The fourth-order valence-electron chi connectivity index (χ4n) is 1.91. The minimum atomic E-state index is -4.65. The summed E-state index contributed by atoms with van der Waals surface area (Å²) in [7, 11) is 0. The van der Waals surface area contributed by atoms with Crippen LogP contribution in [-0.4, -0.2) is 27.9 Å². The number of nitrogens with one attached hydrogen (secondary N) is 1. The second-order valence-corrected chi connectivity index (χ2v) is 7.57. The molecule has 2 aromatic heterocycles. The number of carbonyl (C=O) groups excluding carboxylic acids is 1. The van der Waals surface area contributed by atoms with Gasteiger partial charge in [0.15, 0.2) is 5.69 Å². The molecule has 0 unspecified atom stereocenters. The molecule has 1 N–H and O–H groups in total. The van der Waals surface area contributed by atoms with Gasteiger partial charge in [-0.2, -0.15) is 24.9 Å². The van der Waals surface area contributed by atoms with Crippen LogP contribution in [0.5, 0.6) is 0 Å². The van der Waals surface area contributed by atoms with Gasteiger partial charge in [-0.15, -0.1) is 0 Å². The molecular formula is C15H16F3N3OS2. The highest BCUT2D eigenvalue weighted by molar-refractivity contribution is 7.98. The summed E-state index contributed by atoms with van der Waals surface area (Å²) in [5.41, 5.74) is -1.41. The molecule has 9 heteroatoms. The summed E-state index contributed by atoms with van der Waals surface area (Å²) in [6.45, 7) is 3.38. The summed E-state index contributed by atoms with van der Waals surface area (Å²) in [6.07, 6.45) is 0.143. The molecule has 0 radical (unpaired) electrons. The third kappa shape index (κ3) is 4.27. The van der Waals surface area contributed by atoms with E-state index in [0.29, 0.717) is 11.3 Å². The van der Waals surface area contributed by atoms with Crippen molar-refractivity contribution < 1.29 is 18.0 Å². The van der Waals surface area contributed by atoms with Crippen molar-refractivity contribution in [3.05, 3.63) is 30.2 Å². The van der Waals surface area contributed by atoms with Gasteiger partial charge >= 0.3 is 6.18 Å².